The molecule has 0 spiro atoms. The van der Waals surface area contributed by atoms with Crippen molar-refractivity contribution in [2.24, 2.45) is 0 Å². The topological polar surface area (TPSA) is 70.8 Å². The van der Waals surface area contributed by atoms with Crippen molar-refractivity contribution in [3.63, 3.8) is 0 Å². The van der Waals surface area contributed by atoms with Gasteiger partial charge in [0, 0.05) is 6.08 Å². The van der Waals surface area contributed by atoms with E-state index < -0.39 is 12.0 Å². The molecule has 100 valence electrons. The molecule has 1 atom stereocenters. The van der Waals surface area contributed by atoms with E-state index in [1.165, 1.54) is 6.26 Å². The van der Waals surface area contributed by atoms with E-state index in [0.29, 0.717) is 17.1 Å². The number of carbonyl (C=O) groups excluding carboxylic acids is 1. The number of rotatable bonds is 4. The fourth-order valence-corrected chi connectivity index (χ4v) is 3.06. The maximum atomic E-state index is 12.2. The van der Waals surface area contributed by atoms with Gasteiger partial charge in [0.25, 0.3) is 5.91 Å². The van der Waals surface area contributed by atoms with Crippen LogP contribution in [0.3, 0.4) is 0 Å². The molecule has 1 amide bonds. The number of carbonyl (C=O) groups is 2. The monoisotopic (exact) mass is 297 g/mol. The Balaban J connectivity index is 2.28. The molecule has 1 aromatic heterocycles. The lowest BCUT2D eigenvalue weighted by Gasteiger charge is -2.21. The van der Waals surface area contributed by atoms with Crippen molar-refractivity contribution in [1.82, 2.24) is 4.90 Å². The highest BCUT2D eigenvalue weighted by Gasteiger charge is 2.39. The van der Waals surface area contributed by atoms with Crippen molar-refractivity contribution in [2.75, 3.05) is 0 Å². The maximum absolute atomic E-state index is 12.2. The number of amides is 1. The van der Waals surface area contributed by atoms with Crippen LogP contribution >= 0.6 is 24.0 Å². The summed E-state index contributed by atoms with van der Waals surface area (Å²) in [5, 5.41) is 9.11. The highest BCUT2D eigenvalue weighted by Crippen LogP contribution is 2.34. The van der Waals surface area contributed by atoms with E-state index >= 15 is 0 Å². The standard InChI is InChI=1S/C12H11NO4S2/c1-2-8(11(15)16)13-10(14)9(19-12(13)18)6-7-4-3-5-17-7/h3-6,8H,2H2,1H3,(H,15,16)/t8-/m0/s1. The summed E-state index contributed by atoms with van der Waals surface area (Å²) in [6.07, 6.45) is 3.36. The normalized spacial score (nSPS) is 19.2. The average molecular weight is 297 g/mol. The number of nitrogens with zero attached hydrogens (tertiary/aromatic N) is 1. The van der Waals surface area contributed by atoms with Gasteiger partial charge in [0.1, 0.15) is 16.1 Å². The van der Waals surface area contributed by atoms with Crippen LogP contribution in [0.15, 0.2) is 27.7 Å². The van der Waals surface area contributed by atoms with Gasteiger partial charge in [-0.15, -0.1) is 0 Å². The van der Waals surface area contributed by atoms with E-state index in [9.17, 15) is 9.59 Å². The molecule has 0 saturated carbocycles. The summed E-state index contributed by atoms with van der Waals surface area (Å²) in [6, 6.07) is 2.50. The van der Waals surface area contributed by atoms with E-state index in [4.69, 9.17) is 21.7 Å². The second-order valence-corrected chi connectivity index (χ2v) is 5.51. The van der Waals surface area contributed by atoms with Gasteiger partial charge < -0.3 is 9.52 Å². The third-order valence-corrected chi connectivity index (χ3v) is 3.95. The molecular formula is C12H11NO4S2. The Morgan fingerprint density at radius 3 is 2.95 bits per heavy atom. The van der Waals surface area contributed by atoms with E-state index in [-0.39, 0.29) is 10.2 Å². The van der Waals surface area contributed by atoms with Crippen LogP contribution in [-0.2, 0) is 9.59 Å². The lowest BCUT2D eigenvalue weighted by molar-refractivity contribution is -0.145. The Bertz CT molecular complexity index is 550. The van der Waals surface area contributed by atoms with Crippen molar-refractivity contribution in [3.8, 4) is 0 Å². The largest absolute Gasteiger partial charge is 0.480 e. The van der Waals surface area contributed by atoms with Gasteiger partial charge in [0.05, 0.1) is 11.2 Å². The lowest BCUT2D eigenvalue weighted by atomic mass is 10.2. The van der Waals surface area contributed by atoms with Gasteiger partial charge in [0.2, 0.25) is 0 Å². The number of carboxylic acids is 1. The predicted molar refractivity (Wildman–Crippen MR) is 75.4 cm³/mol. The third kappa shape index (κ3) is 2.71. The lowest BCUT2D eigenvalue weighted by Crippen LogP contribution is -2.43. The molecule has 2 heterocycles. The molecule has 19 heavy (non-hydrogen) atoms. The van der Waals surface area contributed by atoms with Crippen LogP contribution < -0.4 is 0 Å². The maximum Gasteiger partial charge on any atom is 0.326 e. The SMILES string of the molecule is CC[C@@H](C(=O)O)N1C(=O)C(=Cc2ccco2)SC1=S. The highest BCUT2D eigenvalue weighted by atomic mass is 32.2. The quantitative estimate of drug-likeness (QED) is 0.679. The van der Waals surface area contributed by atoms with Gasteiger partial charge in [-0.05, 0) is 18.6 Å². The van der Waals surface area contributed by atoms with Crippen LogP contribution in [0, 0.1) is 0 Å². The molecule has 0 aromatic carbocycles. The molecule has 1 saturated heterocycles. The molecule has 1 aromatic rings. The second-order valence-electron chi connectivity index (χ2n) is 3.83. The van der Waals surface area contributed by atoms with Crippen molar-refractivity contribution in [1.29, 1.82) is 0 Å². The average Bonchev–Trinajstić information content (AvgIpc) is 2.94. The summed E-state index contributed by atoms with van der Waals surface area (Å²) in [6.45, 7) is 1.70. The Kier molecular flexibility index (Phi) is 4.06. The number of hydrogen-bond donors (Lipinski definition) is 1. The van der Waals surface area contributed by atoms with Crippen LogP contribution in [0.4, 0.5) is 0 Å². The Morgan fingerprint density at radius 1 is 1.68 bits per heavy atom. The summed E-state index contributed by atoms with van der Waals surface area (Å²) in [4.78, 5) is 24.8. The van der Waals surface area contributed by atoms with Crippen molar-refractivity contribution < 1.29 is 19.1 Å². The summed E-state index contributed by atoms with van der Waals surface area (Å²) < 4.78 is 5.39. The summed E-state index contributed by atoms with van der Waals surface area (Å²) in [5.41, 5.74) is 0. The molecular weight excluding hydrogens is 286 g/mol. The van der Waals surface area contributed by atoms with E-state index in [1.807, 2.05) is 0 Å². The van der Waals surface area contributed by atoms with Gasteiger partial charge in [-0.1, -0.05) is 30.9 Å². The summed E-state index contributed by atoms with van der Waals surface area (Å²) >= 11 is 6.17. The Labute approximate surface area is 119 Å². The molecule has 1 fully saturated rings. The Hall–Kier alpha value is -1.60. The third-order valence-electron chi connectivity index (χ3n) is 2.62. The van der Waals surface area contributed by atoms with E-state index in [0.717, 1.165) is 16.7 Å². The second kappa shape index (κ2) is 5.58. The number of furan rings is 1. The van der Waals surface area contributed by atoms with Gasteiger partial charge in [-0.2, -0.15) is 0 Å². The predicted octanol–water partition coefficient (Wildman–Crippen LogP) is 2.34. The number of carboxylic acid groups (broad SMARTS) is 1. The molecule has 0 unspecified atom stereocenters. The zero-order valence-corrected chi connectivity index (χ0v) is 11.7. The molecule has 5 nitrogen and oxygen atoms in total. The van der Waals surface area contributed by atoms with Gasteiger partial charge in [0.15, 0.2) is 0 Å². The highest BCUT2D eigenvalue weighted by molar-refractivity contribution is 8.26. The van der Waals surface area contributed by atoms with Crippen LogP contribution in [0.5, 0.6) is 0 Å². The molecule has 7 heteroatoms. The first-order valence-electron chi connectivity index (χ1n) is 5.58. The van der Waals surface area contributed by atoms with Crippen LogP contribution in [0.2, 0.25) is 0 Å². The van der Waals surface area contributed by atoms with Gasteiger partial charge >= 0.3 is 5.97 Å². The summed E-state index contributed by atoms with van der Waals surface area (Å²) in [5.74, 6) is -0.914. The fraction of sp³-hybridized carbons (Fsp3) is 0.250. The van der Waals surface area contributed by atoms with Crippen LogP contribution in [0.25, 0.3) is 6.08 Å². The number of thiocarbonyl (C=S) groups is 1. The minimum atomic E-state index is -1.06. The summed E-state index contributed by atoms with van der Waals surface area (Å²) in [7, 11) is 0. The number of aliphatic carboxylic acids is 1. The smallest absolute Gasteiger partial charge is 0.326 e. The molecule has 0 bridgehead atoms. The minimum Gasteiger partial charge on any atom is -0.480 e. The zero-order valence-electron chi connectivity index (χ0n) is 10.0. The molecule has 1 aliphatic heterocycles. The van der Waals surface area contributed by atoms with Crippen molar-refractivity contribution in [3.05, 3.63) is 29.1 Å². The van der Waals surface area contributed by atoms with Gasteiger partial charge in [-0.25, -0.2) is 4.79 Å². The first kappa shape index (κ1) is 13.8. The number of hydrogen-bond acceptors (Lipinski definition) is 5. The molecule has 2 rings (SSSR count). The Morgan fingerprint density at radius 2 is 2.42 bits per heavy atom. The fourth-order valence-electron chi connectivity index (χ4n) is 1.72. The van der Waals surface area contributed by atoms with E-state index in [1.54, 1.807) is 25.1 Å². The van der Waals surface area contributed by atoms with Crippen LogP contribution in [-0.4, -0.2) is 32.2 Å². The minimum absolute atomic E-state index is 0.261. The van der Waals surface area contributed by atoms with Crippen molar-refractivity contribution >= 4 is 46.3 Å². The van der Waals surface area contributed by atoms with Crippen molar-refractivity contribution in [2.45, 2.75) is 19.4 Å². The van der Waals surface area contributed by atoms with Crippen LogP contribution in [0.1, 0.15) is 19.1 Å². The van der Waals surface area contributed by atoms with Gasteiger partial charge in [-0.3, -0.25) is 9.69 Å². The molecule has 0 radical (unpaired) electrons. The van der Waals surface area contributed by atoms with E-state index in [2.05, 4.69) is 0 Å². The molecule has 1 aliphatic rings. The first-order chi connectivity index (χ1) is 9.04. The first-order valence-corrected chi connectivity index (χ1v) is 6.80. The molecule has 1 N–H and O–H groups in total. The molecule has 0 aliphatic carbocycles. The number of thioether (sulfide) groups is 1. The zero-order chi connectivity index (χ0) is 14.0.